The number of aliphatic hydroxyl groups excluding tert-OH is 2. The van der Waals surface area contributed by atoms with E-state index in [1.54, 1.807) is 0 Å². The summed E-state index contributed by atoms with van der Waals surface area (Å²) in [6.45, 7) is 8.23. The molecule has 1 unspecified atom stereocenters. The number of thiazole rings is 2. The van der Waals surface area contributed by atoms with E-state index >= 15 is 0 Å². The summed E-state index contributed by atoms with van der Waals surface area (Å²) >= 11 is 12.6. The topological polar surface area (TPSA) is 254 Å². The van der Waals surface area contributed by atoms with E-state index in [9.17, 15) is 40.0 Å². The van der Waals surface area contributed by atoms with Gasteiger partial charge < -0.3 is 40.0 Å². The van der Waals surface area contributed by atoms with E-state index in [1.807, 2.05) is 0 Å². The smallest absolute Gasteiger partial charge is 0.319 e. The fourth-order valence-electron chi connectivity index (χ4n) is 6.52. The Balaban J connectivity index is 0.000000189. The minimum Gasteiger partial charge on any atom is -0.506 e. The van der Waals surface area contributed by atoms with Crippen LogP contribution in [0.15, 0.2) is 133 Å². The molecule has 1 atom stereocenters. The van der Waals surface area contributed by atoms with Crippen LogP contribution in [0.3, 0.4) is 0 Å². The van der Waals surface area contributed by atoms with Crippen molar-refractivity contribution in [3.05, 3.63) is 154 Å². The first-order chi connectivity index (χ1) is 31.1. The second-order valence-electron chi connectivity index (χ2n) is 14.1. The zero-order valence-electron chi connectivity index (χ0n) is 34.9. The Morgan fingerprint density at radius 1 is 0.818 bits per heavy atom. The van der Waals surface area contributed by atoms with Crippen LogP contribution < -0.4 is 24.5 Å². The molecule has 19 nitrogen and oxygen atoms in total. The van der Waals surface area contributed by atoms with Crippen molar-refractivity contribution in [1.82, 2.24) is 9.97 Å². The van der Waals surface area contributed by atoms with Gasteiger partial charge >= 0.3 is 10.0 Å². The number of para-hydroxylation sites is 1. The molecule has 1 radical (unpaired) electrons. The molecule has 2 aliphatic heterocycles. The molecule has 0 spiro atoms. The Morgan fingerprint density at radius 3 is 1.79 bits per heavy atom. The maximum absolute atomic E-state index is 11.1. The van der Waals surface area contributed by atoms with Crippen LogP contribution in [0, 0.1) is 20.2 Å². The second kappa shape index (κ2) is 22.7. The molecule has 0 bridgehead atoms. The quantitative estimate of drug-likeness (QED) is 0.0813. The number of fused-ring (bicyclic) bond motifs is 1. The van der Waals surface area contributed by atoms with E-state index in [0.29, 0.717) is 0 Å². The van der Waals surface area contributed by atoms with Crippen LogP contribution in [0.2, 0.25) is 0 Å². The van der Waals surface area contributed by atoms with Gasteiger partial charge in [0.1, 0.15) is 30.0 Å². The SMILES string of the molecule is CCC1(C)C(/C=C/c2ccc(N3CCOCC3)cc2)=[N+](C)c2ccccc21.O=C1C=C(O)C(=NN=c2[n-]cc([N+](=O)[O-])s2)C=C1Cl.O=C1C=C(O)C(=NN=c2[n-]cc([N+](=O)[O-])s2)C=C1Cl.[Co]. The molecule has 4 heterocycles. The first-order valence-electron chi connectivity index (χ1n) is 19.3. The molecule has 2 aliphatic carbocycles. The molecule has 4 aromatic rings. The van der Waals surface area contributed by atoms with E-state index in [0.717, 1.165) is 92.1 Å². The number of carbonyl (C=O) groups is 2. The summed E-state index contributed by atoms with van der Waals surface area (Å²) in [6.07, 6.45) is 11.8. The number of halogens is 2. The summed E-state index contributed by atoms with van der Waals surface area (Å²) in [5.74, 6) is -1.85. The van der Waals surface area contributed by atoms with Gasteiger partial charge in [-0.1, -0.05) is 83.1 Å². The van der Waals surface area contributed by atoms with Gasteiger partial charge in [-0.3, -0.25) is 40.0 Å². The number of aromatic nitrogens is 2. The molecule has 0 saturated carbocycles. The van der Waals surface area contributed by atoms with Crippen LogP contribution in [-0.4, -0.2) is 86.7 Å². The number of hydrogen-bond acceptors (Lipinski definition) is 16. The first-order valence-corrected chi connectivity index (χ1v) is 21.7. The minimum atomic E-state index is -0.600. The van der Waals surface area contributed by atoms with Gasteiger partial charge in [0.05, 0.1) is 38.5 Å². The maximum Gasteiger partial charge on any atom is 0.319 e. The number of rotatable bonds is 8. The van der Waals surface area contributed by atoms with Crippen molar-refractivity contribution in [2.24, 2.45) is 20.4 Å². The molecule has 4 aliphatic rings. The third-order valence-corrected chi connectivity index (χ3v) is 12.3. The summed E-state index contributed by atoms with van der Waals surface area (Å²) < 4.78 is 7.79. The normalized spacial score (nSPS) is 19.9. The predicted octanol–water partition coefficient (Wildman–Crippen LogP) is 6.67. The molecule has 24 heteroatoms. The molecule has 1 saturated heterocycles. The number of carbonyl (C=O) groups excluding carboxylic acids is 2. The van der Waals surface area contributed by atoms with Gasteiger partial charge in [-0.05, 0) is 49.3 Å². The average molecular weight is 1020 g/mol. The Morgan fingerprint density at radius 2 is 1.32 bits per heavy atom. The van der Waals surface area contributed by atoms with Crippen molar-refractivity contribution in [1.29, 1.82) is 0 Å². The predicted molar refractivity (Wildman–Crippen MR) is 247 cm³/mol. The summed E-state index contributed by atoms with van der Waals surface area (Å²) in [6, 6.07) is 17.7. The number of nitro groups is 2. The largest absolute Gasteiger partial charge is 0.506 e. The number of ether oxygens (including phenoxy) is 1. The molecule has 2 N–H and O–H groups in total. The van der Waals surface area contributed by atoms with E-state index in [2.05, 4.69) is 121 Å². The van der Waals surface area contributed by atoms with Crippen molar-refractivity contribution < 1.29 is 55.7 Å². The summed E-state index contributed by atoms with van der Waals surface area (Å²) in [7, 11) is 2.18. The van der Waals surface area contributed by atoms with Crippen LogP contribution >= 0.6 is 45.9 Å². The maximum atomic E-state index is 11.1. The van der Waals surface area contributed by atoms with Gasteiger partial charge in [0.2, 0.25) is 17.3 Å². The zero-order chi connectivity index (χ0) is 46.8. The fourth-order valence-corrected chi connectivity index (χ4v) is 7.95. The Hall–Kier alpha value is -6.40. The zero-order valence-corrected chi connectivity index (χ0v) is 39.1. The van der Waals surface area contributed by atoms with E-state index in [4.69, 9.17) is 27.9 Å². The number of ketones is 2. The van der Waals surface area contributed by atoms with Gasteiger partial charge in [-0.2, -0.15) is 4.58 Å². The third kappa shape index (κ3) is 12.3. The summed E-state index contributed by atoms with van der Waals surface area (Å²) in [4.78, 5) is 51.7. The van der Waals surface area contributed by atoms with Gasteiger partial charge in [0.15, 0.2) is 5.71 Å². The Kier molecular flexibility index (Phi) is 17.4. The third-order valence-electron chi connectivity index (χ3n) is 10.1. The van der Waals surface area contributed by atoms with Crippen LogP contribution in [0.4, 0.5) is 21.4 Å². The van der Waals surface area contributed by atoms with Crippen LogP contribution in [-0.2, 0) is 36.5 Å². The average Bonchev–Trinajstić information content (AvgIpc) is 4.04. The number of nitrogens with zero attached hydrogens (tertiary/aromatic N) is 10. The number of aliphatic hydroxyl groups is 2. The van der Waals surface area contributed by atoms with E-state index < -0.39 is 21.4 Å². The van der Waals surface area contributed by atoms with Crippen LogP contribution in [0.1, 0.15) is 31.4 Å². The van der Waals surface area contributed by atoms with Gasteiger partial charge in [-0.25, -0.2) is 0 Å². The first kappa shape index (κ1) is 50.6. The Bertz CT molecular complexity index is 2820. The van der Waals surface area contributed by atoms with Crippen molar-refractivity contribution in [3.63, 3.8) is 0 Å². The van der Waals surface area contributed by atoms with Crippen LogP contribution in [0.5, 0.6) is 0 Å². The molecule has 1 fully saturated rings. The fraction of sp³-hybridized carbons (Fsp3) is 0.214. The van der Waals surface area contributed by atoms with Crippen molar-refractivity contribution in [2.45, 2.75) is 25.7 Å². The summed E-state index contributed by atoms with van der Waals surface area (Å²) in [5, 5.41) is 53.7. The molecule has 345 valence electrons. The number of morpholine rings is 1. The van der Waals surface area contributed by atoms with Crippen molar-refractivity contribution in [2.75, 3.05) is 38.3 Å². The van der Waals surface area contributed by atoms with Crippen molar-refractivity contribution >= 4 is 102 Å². The van der Waals surface area contributed by atoms with E-state index in [-0.39, 0.29) is 74.8 Å². The molecule has 8 rings (SSSR count). The summed E-state index contributed by atoms with van der Waals surface area (Å²) in [5.41, 5.74) is 6.65. The second-order valence-corrected chi connectivity index (χ2v) is 16.9. The number of anilines is 1. The molecule has 66 heavy (non-hydrogen) atoms. The molecule has 2 aromatic heterocycles. The molecule has 2 aromatic carbocycles. The molecular formula is C42H37Cl2CoN10O9S2-. The molecule has 0 amide bonds. The van der Waals surface area contributed by atoms with Gasteiger partial charge in [0, 0.05) is 87.4 Å². The van der Waals surface area contributed by atoms with E-state index in [1.165, 1.54) is 28.2 Å². The molecular weight excluding hydrogens is 982 g/mol. The number of benzene rings is 2. The minimum absolute atomic E-state index is 0. The standard InChI is InChI=1S/C24H29N2O.2C9H5ClN4O4S.Co/c1-4-24(2)21-7-5-6-8-22(21)25(3)23(24)14-11-19-9-12-20(13-10-19)26-15-17-27-18-16-26;2*10-4-1-5(7(16)2-6(4)15)12-13-9-11-3-8(19-9)14(17)18;/h5-14H,4,15-18H2,1-3H3;2*1-3H,(H2,11,13,15,16);/q+1;;;/p-2. The van der Waals surface area contributed by atoms with Gasteiger partial charge in [-0.15, -0.1) is 0 Å². The van der Waals surface area contributed by atoms with Crippen LogP contribution in [0.25, 0.3) is 6.08 Å². The number of allylic oxidation sites excluding steroid dienone is 7. The monoisotopic (exact) mass is 1020 g/mol. The number of hydrogen-bond donors (Lipinski definition) is 2. The van der Waals surface area contributed by atoms with Gasteiger partial charge in [0.25, 0.3) is 0 Å². The van der Waals surface area contributed by atoms with Crippen molar-refractivity contribution in [3.8, 4) is 0 Å². The Labute approximate surface area is 403 Å².